The van der Waals surface area contributed by atoms with E-state index in [1.807, 2.05) is 0 Å². The lowest BCUT2D eigenvalue weighted by atomic mass is 10.1. The lowest BCUT2D eigenvalue weighted by molar-refractivity contribution is -0.394. The Morgan fingerprint density at radius 2 is 1.57 bits per heavy atom. The van der Waals surface area contributed by atoms with Crippen molar-refractivity contribution in [1.29, 1.82) is 0 Å². The Kier molecular flexibility index (Phi) is 6.99. The molecule has 0 saturated heterocycles. The summed E-state index contributed by atoms with van der Waals surface area (Å²) in [5.74, 6) is -0.0748. The van der Waals surface area contributed by atoms with E-state index in [9.17, 15) is 39.9 Å². The largest absolute Gasteiger partial charge is 0.490 e. The topological polar surface area (TPSA) is 214 Å². The number of nitrogens with zero attached hydrogens (tertiary/aromatic N) is 3. The van der Waals surface area contributed by atoms with Gasteiger partial charge in [-0.3, -0.25) is 40.1 Å². The third-order valence-corrected chi connectivity index (χ3v) is 4.41. The first kappa shape index (κ1) is 24.3. The summed E-state index contributed by atoms with van der Waals surface area (Å²) in [6.07, 6.45) is 2.51. The Morgan fingerprint density at radius 1 is 0.857 bits per heavy atom. The summed E-state index contributed by atoms with van der Waals surface area (Å²) < 4.78 is 11.1. The summed E-state index contributed by atoms with van der Waals surface area (Å²) in [5, 5.41) is 33.4. The zero-order chi connectivity index (χ0) is 25.7. The van der Waals surface area contributed by atoms with Crippen LogP contribution in [0.5, 0.6) is 17.2 Å². The number of nitro groups is 3. The fourth-order valence-corrected chi connectivity index (χ4v) is 2.93. The fraction of sp³-hybridized carbons (Fsp3) is 0.100. The van der Waals surface area contributed by atoms with E-state index in [-0.39, 0.29) is 29.5 Å². The zero-order valence-corrected chi connectivity index (χ0v) is 17.8. The van der Waals surface area contributed by atoms with Crippen LogP contribution in [0.4, 0.5) is 17.1 Å². The maximum atomic E-state index is 11.7. The third kappa shape index (κ3) is 5.54. The molecule has 15 nitrogen and oxygen atoms in total. The molecule has 0 saturated carbocycles. The molecule has 0 amide bonds. The van der Waals surface area contributed by atoms with Crippen LogP contribution in [0.1, 0.15) is 18.2 Å². The number of nitro benzene ring substituents is 2. The molecule has 0 unspecified atom stereocenters. The molecule has 15 heteroatoms. The quantitative estimate of drug-likeness (QED) is 0.333. The molecule has 0 fully saturated rings. The summed E-state index contributed by atoms with van der Waals surface area (Å²) in [5.41, 5.74) is -3.97. The molecule has 0 aliphatic heterocycles. The van der Waals surface area contributed by atoms with E-state index < -0.39 is 43.1 Å². The minimum Gasteiger partial charge on any atom is -0.490 e. The SMILES string of the molecule is CCOc1cc(/C=C\c2[nH]c(=O)[nH]c(=O)c2[N+](=O)[O-])ccc1Oc1ccc([N+](=O)[O-])cc1[N+](=O)[O-]. The van der Waals surface area contributed by atoms with Crippen LogP contribution in [0.15, 0.2) is 46.0 Å². The number of ether oxygens (including phenoxy) is 2. The standard InChI is InChI=1S/C20H15N5O10/c1-2-34-17-9-11(3-6-13-18(25(32)33)19(26)22-20(27)21-13)4-7-16(17)35-15-8-5-12(23(28)29)10-14(15)24(30)31/h3-10H,2H2,1H3,(H2,21,22,26,27)/b6-3-. The van der Waals surface area contributed by atoms with E-state index in [2.05, 4.69) is 4.98 Å². The van der Waals surface area contributed by atoms with E-state index in [0.29, 0.717) is 5.56 Å². The van der Waals surface area contributed by atoms with E-state index in [4.69, 9.17) is 9.47 Å². The summed E-state index contributed by atoms with van der Waals surface area (Å²) in [4.78, 5) is 58.1. The van der Waals surface area contributed by atoms with E-state index in [0.717, 1.165) is 24.3 Å². The van der Waals surface area contributed by atoms with Crippen LogP contribution in [-0.2, 0) is 0 Å². The minimum absolute atomic E-state index is 0.0523. The number of aromatic nitrogens is 2. The Balaban J connectivity index is 1.99. The van der Waals surface area contributed by atoms with Gasteiger partial charge >= 0.3 is 22.6 Å². The smallest absolute Gasteiger partial charge is 0.357 e. The van der Waals surface area contributed by atoms with Gasteiger partial charge in [0.1, 0.15) is 5.69 Å². The first-order valence-corrected chi connectivity index (χ1v) is 9.67. The van der Waals surface area contributed by atoms with Gasteiger partial charge in [0.2, 0.25) is 5.75 Å². The molecule has 0 aliphatic carbocycles. The Bertz CT molecular complexity index is 1470. The highest BCUT2D eigenvalue weighted by Crippen LogP contribution is 2.38. The van der Waals surface area contributed by atoms with Gasteiger partial charge in [0.05, 0.1) is 27.4 Å². The lowest BCUT2D eigenvalue weighted by Crippen LogP contribution is -2.25. The summed E-state index contributed by atoms with van der Waals surface area (Å²) >= 11 is 0. The maximum Gasteiger partial charge on any atom is 0.357 e. The van der Waals surface area contributed by atoms with Gasteiger partial charge in [0.25, 0.3) is 5.69 Å². The summed E-state index contributed by atoms with van der Waals surface area (Å²) in [6.45, 7) is 1.85. The Morgan fingerprint density at radius 3 is 2.20 bits per heavy atom. The molecule has 3 aromatic rings. The number of benzene rings is 2. The van der Waals surface area contributed by atoms with Crippen molar-refractivity contribution in [3.63, 3.8) is 0 Å². The maximum absolute atomic E-state index is 11.7. The molecular formula is C20H15N5O10. The summed E-state index contributed by atoms with van der Waals surface area (Å²) in [6, 6.07) is 7.22. The lowest BCUT2D eigenvalue weighted by Gasteiger charge is -2.12. The molecule has 2 aromatic carbocycles. The van der Waals surface area contributed by atoms with Crippen LogP contribution in [0, 0.1) is 30.3 Å². The predicted octanol–water partition coefficient (Wildman–Crippen LogP) is 3.15. The second-order valence-electron chi connectivity index (χ2n) is 6.67. The number of hydrogen-bond donors (Lipinski definition) is 2. The van der Waals surface area contributed by atoms with E-state index >= 15 is 0 Å². The van der Waals surface area contributed by atoms with Gasteiger partial charge in [-0.05, 0) is 36.8 Å². The molecule has 0 atom stereocenters. The van der Waals surface area contributed by atoms with Crippen molar-refractivity contribution in [2.24, 2.45) is 0 Å². The van der Waals surface area contributed by atoms with Gasteiger partial charge < -0.3 is 14.5 Å². The van der Waals surface area contributed by atoms with Crippen molar-refractivity contribution in [3.05, 3.63) is 98.8 Å². The van der Waals surface area contributed by atoms with Crippen molar-refractivity contribution in [2.75, 3.05) is 6.61 Å². The molecule has 1 aromatic heterocycles. The normalized spacial score (nSPS) is 10.8. The van der Waals surface area contributed by atoms with Gasteiger partial charge in [-0.15, -0.1) is 0 Å². The highest BCUT2D eigenvalue weighted by atomic mass is 16.6. The summed E-state index contributed by atoms with van der Waals surface area (Å²) in [7, 11) is 0. The van der Waals surface area contributed by atoms with Crippen LogP contribution in [0.3, 0.4) is 0 Å². The number of H-pyrrole nitrogens is 2. The predicted molar refractivity (Wildman–Crippen MR) is 121 cm³/mol. The van der Waals surface area contributed by atoms with Crippen LogP contribution < -0.4 is 20.7 Å². The Hall–Kier alpha value is -5.34. The van der Waals surface area contributed by atoms with Crippen molar-refractivity contribution < 1.29 is 24.2 Å². The second-order valence-corrected chi connectivity index (χ2v) is 6.67. The Labute approximate surface area is 193 Å². The molecule has 2 N–H and O–H groups in total. The fourth-order valence-electron chi connectivity index (χ4n) is 2.93. The average Bonchev–Trinajstić information content (AvgIpc) is 2.78. The molecule has 0 spiro atoms. The van der Waals surface area contributed by atoms with Gasteiger partial charge in [0, 0.05) is 6.07 Å². The number of aromatic amines is 2. The van der Waals surface area contributed by atoms with Crippen LogP contribution in [-0.4, -0.2) is 31.3 Å². The van der Waals surface area contributed by atoms with Crippen LogP contribution in [0.2, 0.25) is 0 Å². The molecule has 1 heterocycles. The highest BCUT2D eigenvalue weighted by molar-refractivity contribution is 5.73. The highest BCUT2D eigenvalue weighted by Gasteiger charge is 2.22. The first-order valence-electron chi connectivity index (χ1n) is 9.67. The van der Waals surface area contributed by atoms with Gasteiger partial charge in [-0.1, -0.05) is 12.1 Å². The second kappa shape index (κ2) is 10.1. The van der Waals surface area contributed by atoms with Gasteiger partial charge in [0.15, 0.2) is 11.5 Å². The average molecular weight is 485 g/mol. The van der Waals surface area contributed by atoms with Crippen molar-refractivity contribution in [1.82, 2.24) is 9.97 Å². The molecule has 0 bridgehead atoms. The zero-order valence-electron chi connectivity index (χ0n) is 17.8. The van der Waals surface area contributed by atoms with Gasteiger partial charge in [-0.2, -0.15) is 0 Å². The molecule has 0 aliphatic rings. The van der Waals surface area contributed by atoms with E-state index in [1.54, 1.807) is 11.9 Å². The van der Waals surface area contributed by atoms with Crippen molar-refractivity contribution >= 4 is 29.2 Å². The molecule has 0 radical (unpaired) electrons. The number of rotatable bonds is 9. The van der Waals surface area contributed by atoms with Crippen LogP contribution in [0.25, 0.3) is 12.2 Å². The van der Waals surface area contributed by atoms with E-state index in [1.165, 1.54) is 24.3 Å². The molecule has 35 heavy (non-hydrogen) atoms. The first-order chi connectivity index (χ1) is 16.6. The minimum atomic E-state index is -1.16. The van der Waals surface area contributed by atoms with Crippen molar-refractivity contribution in [3.8, 4) is 17.2 Å². The molecule has 180 valence electrons. The van der Waals surface area contributed by atoms with Crippen LogP contribution >= 0.6 is 0 Å². The third-order valence-electron chi connectivity index (χ3n) is 4.41. The number of non-ortho nitro benzene ring substituents is 1. The van der Waals surface area contributed by atoms with Gasteiger partial charge in [-0.25, -0.2) is 4.79 Å². The monoisotopic (exact) mass is 485 g/mol. The molecule has 3 rings (SSSR count). The number of nitrogens with one attached hydrogen (secondary N) is 2. The molecular weight excluding hydrogens is 470 g/mol. The number of hydrogen-bond acceptors (Lipinski definition) is 10. The van der Waals surface area contributed by atoms with Crippen molar-refractivity contribution in [2.45, 2.75) is 6.92 Å².